The van der Waals surface area contributed by atoms with E-state index in [1.807, 2.05) is 0 Å². The van der Waals surface area contributed by atoms with E-state index in [9.17, 15) is 22.4 Å². The van der Waals surface area contributed by atoms with Gasteiger partial charge in [-0.1, -0.05) is 24.3 Å². The molecule has 10 heteroatoms. The first-order chi connectivity index (χ1) is 15.3. The molecule has 0 spiro atoms. The minimum atomic E-state index is -4.01. The van der Waals surface area contributed by atoms with E-state index < -0.39 is 27.3 Å². The van der Waals surface area contributed by atoms with Crippen LogP contribution >= 0.6 is 0 Å². The van der Waals surface area contributed by atoms with E-state index in [1.54, 1.807) is 36.4 Å². The molecule has 2 N–H and O–H groups in total. The molecule has 0 atom stereocenters. The van der Waals surface area contributed by atoms with Gasteiger partial charge in [-0.2, -0.15) is 0 Å². The number of fused-ring (bicyclic) bond motifs is 1. The first-order valence-electron chi connectivity index (χ1n) is 9.45. The number of amides is 1. The third kappa shape index (κ3) is 4.49. The van der Waals surface area contributed by atoms with Gasteiger partial charge in [-0.25, -0.2) is 17.8 Å². The van der Waals surface area contributed by atoms with E-state index in [1.165, 1.54) is 16.7 Å². The van der Waals surface area contributed by atoms with Crippen molar-refractivity contribution in [1.29, 1.82) is 0 Å². The average Bonchev–Trinajstić information content (AvgIpc) is 2.77. The molecule has 0 aliphatic carbocycles. The highest BCUT2D eigenvalue weighted by molar-refractivity contribution is 7.92. The van der Waals surface area contributed by atoms with Gasteiger partial charge >= 0.3 is 0 Å². The van der Waals surface area contributed by atoms with E-state index in [-0.39, 0.29) is 22.8 Å². The molecular formula is C22H17FN4O4S. The van der Waals surface area contributed by atoms with Crippen molar-refractivity contribution in [2.24, 2.45) is 0 Å². The molecule has 0 aliphatic rings. The summed E-state index contributed by atoms with van der Waals surface area (Å²) in [7, 11) is -4.01. The van der Waals surface area contributed by atoms with E-state index in [2.05, 4.69) is 15.0 Å². The van der Waals surface area contributed by atoms with Gasteiger partial charge < -0.3 is 5.32 Å². The Balaban J connectivity index is 1.58. The second kappa shape index (κ2) is 8.60. The Labute approximate surface area is 182 Å². The Bertz CT molecular complexity index is 1470. The van der Waals surface area contributed by atoms with Crippen LogP contribution in [0.3, 0.4) is 0 Å². The fraction of sp³-hybridized carbons (Fsp3) is 0.0455. The number of nitrogens with zero attached hydrogens (tertiary/aromatic N) is 2. The molecule has 0 fully saturated rings. The number of anilines is 2. The molecule has 4 rings (SSSR count). The maximum absolute atomic E-state index is 13.1. The summed E-state index contributed by atoms with van der Waals surface area (Å²) < 4.78 is 42.1. The number of benzene rings is 3. The minimum absolute atomic E-state index is 0.122. The van der Waals surface area contributed by atoms with Gasteiger partial charge in [-0.3, -0.25) is 18.9 Å². The molecule has 1 heterocycles. The Hall–Kier alpha value is -4.05. The standard InChI is InChI=1S/C22H17FN4O4S/c23-15-9-11-16(12-10-15)32(30,31)26-18-6-2-1-5-17(18)25-21(28)14-27-20-8-4-3-7-19(20)24-13-22(27)29/h1-13,26H,14H2,(H,25,28). The predicted octanol–water partition coefficient (Wildman–Crippen LogP) is 2.98. The van der Waals surface area contributed by atoms with E-state index in [0.717, 1.165) is 30.5 Å². The van der Waals surface area contributed by atoms with Gasteiger partial charge in [0.05, 0.1) is 33.5 Å². The van der Waals surface area contributed by atoms with Crippen molar-refractivity contribution in [3.8, 4) is 0 Å². The van der Waals surface area contributed by atoms with Crippen molar-refractivity contribution >= 4 is 38.3 Å². The highest BCUT2D eigenvalue weighted by Gasteiger charge is 2.17. The van der Waals surface area contributed by atoms with E-state index in [0.29, 0.717) is 11.0 Å². The molecule has 1 amide bonds. The summed E-state index contributed by atoms with van der Waals surface area (Å²) in [4.78, 5) is 28.9. The van der Waals surface area contributed by atoms with E-state index in [4.69, 9.17) is 0 Å². The predicted molar refractivity (Wildman–Crippen MR) is 118 cm³/mol. The molecule has 162 valence electrons. The molecule has 8 nitrogen and oxygen atoms in total. The Morgan fingerprint density at radius 3 is 2.34 bits per heavy atom. The molecule has 0 aliphatic heterocycles. The van der Waals surface area contributed by atoms with Crippen LogP contribution in [0.25, 0.3) is 11.0 Å². The zero-order valence-corrected chi connectivity index (χ0v) is 17.3. The van der Waals surface area contributed by atoms with E-state index >= 15 is 0 Å². The number of para-hydroxylation sites is 4. The van der Waals surface area contributed by atoms with Crippen molar-refractivity contribution < 1.29 is 17.6 Å². The SMILES string of the molecule is O=C(Cn1c(=O)cnc2ccccc21)Nc1ccccc1NS(=O)(=O)c1ccc(F)cc1. The summed E-state index contributed by atoms with van der Waals surface area (Å²) in [5.41, 5.74) is 0.948. The van der Waals surface area contributed by atoms with Crippen molar-refractivity contribution in [3.05, 3.63) is 95.2 Å². The quantitative estimate of drug-likeness (QED) is 0.467. The molecule has 0 unspecified atom stereocenters. The fourth-order valence-electron chi connectivity index (χ4n) is 3.11. The number of carbonyl (C=O) groups excluding carboxylic acids is 1. The second-order valence-corrected chi connectivity index (χ2v) is 8.51. The lowest BCUT2D eigenvalue weighted by Crippen LogP contribution is -2.28. The molecular weight excluding hydrogens is 435 g/mol. The third-order valence-electron chi connectivity index (χ3n) is 4.62. The number of rotatable bonds is 6. The fourth-order valence-corrected chi connectivity index (χ4v) is 4.19. The molecule has 3 aromatic carbocycles. The number of halogens is 1. The lowest BCUT2D eigenvalue weighted by molar-refractivity contribution is -0.116. The first kappa shape index (κ1) is 21.2. The summed E-state index contributed by atoms with van der Waals surface area (Å²) in [5.74, 6) is -1.09. The van der Waals surface area contributed by atoms with Crippen LogP contribution in [0, 0.1) is 5.82 Å². The molecule has 0 saturated heterocycles. The normalized spacial score (nSPS) is 11.3. The zero-order valence-electron chi connectivity index (χ0n) is 16.5. The number of nitrogens with one attached hydrogen (secondary N) is 2. The average molecular weight is 452 g/mol. The Morgan fingerprint density at radius 2 is 1.59 bits per heavy atom. The maximum atomic E-state index is 13.1. The largest absolute Gasteiger partial charge is 0.323 e. The van der Waals surface area contributed by atoms with Crippen LogP contribution in [0.5, 0.6) is 0 Å². The molecule has 0 radical (unpaired) electrons. The van der Waals surface area contributed by atoms with Gasteiger partial charge in [-0.15, -0.1) is 0 Å². The van der Waals surface area contributed by atoms with Crippen LogP contribution in [-0.2, 0) is 21.4 Å². The van der Waals surface area contributed by atoms with Crippen molar-refractivity contribution in [1.82, 2.24) is 9.55 Å². The molecule has 0 bridgehead atoms. The molecule has 4 aromatic rings. The topological polar surface area (TPSA) is 110 Å². The molecule has 32 heavy (non-hydrogen) atoms. The summed E-state index contributed by atoms with van der Waals surface area (Å²) >= 11 is 0. The molecule has 1 aromatic heterocycles. The van der Waals surface area contributed by atoms with Gasteiger partial charge in [0.1, 0.15) is 12.4 Å². The van der Waals surface area contributed by atoms with Gasteiger partial charge in [0, 0.05) is 0 Å². The van der Waals surface area contributed by atoms with Crippen LogP contribution in [0.15, 0.2) is 88.7 Å². The monoisotopic (exact) mass is 452 g/mol. The highest BCUT2D eigenvalue weighted by atomic mass is 32.2. The minimum Gasteiger partial charge on any atom is -0.323 e. The number of carbonyl (C=O) groups is 1. The van der Waals surface area contributed by atoms with Crippen molar-refractivity contribution in [3.63, 3.8) is 0 Å². The lowest BCUT2D eigenvalue weighted by atomic mass is 10.2. The summed E-state index contributed by atoms with van der Waals surface area (Å²) in [6.07, 6.45) is 1.14. The Kier molecular flexibility index (Phi) is 5.69. The van der Waals surface area contributed by atoms with Crippen molar-refractivity contribution in [2.45, 2.75) is 11.4 Å². The smallest absolute Gasteiger partial charge is 0.269 e. The zero-order chi connectivity index (χ0) is 22.7. The summed E-state index contributed by atoms with van der Waals surface area (Å²) in [6.45, 7) is -0.291. The number of hydrogen-bond acceptors (Lipinski definition) is 5. The van der Waals surface area contributed by atoms with Crippen LogP contribution in [0.2, 0.25) is 0 Å². The number of aromatic nitrogens is 2. The van der Waals surface area contributed by atoms with Crippen LogP contribution in [-0.4, -0.2) is 23.9 Å². The van der Waals surface area contributed by atoms with Gasteiger partial charge in [0.15, 0.2) is 0 Å². The Morgan fingerprint density at radius 1 is 0.938 bits per heavy atom. The maximum Gasteiger partial charge on any atom is 0.269 e. The molecule has 0 saturated carbocycles. The van der Waals surface area contributed by atoms with Gasteiger partial charge in [-0.05, 0) is 48.5 Å². The number of hydrogen-bond donors (Lipinski definition) is 2. The summed E-state index contributed by atoms with van der Waals surface area (Å²) in [6, 6.07) is 17.5. The van der Waals surface area contributed by atoms with Crippen LogP contribution in [0.1, 0.15) is 0 Å². The van der Waals surface area contributed by atoms with Gasteiger partial charge in [0.25, 0.3) is 15.6 Å². The number of sulfonamides is 1. The second-order valence-electron chi connectivity index (χ2n) is 6.82. The highest BCUT2D eigenvalue weighted by Crippen LogP contribution is 2.24. The van der Waals surface area contributed by atoms with Crippen molar-refractivity contribution in [2.75, 3.05) is 10.0 Å². The lowest BCUT2D eigenvalue weighted by Gasteiger charge is -2.14. The summed E-state index contributed by atoms with van der Waals surface area (Å²) in [5, 5.41) is 2.63. The van der Waals surface area contributed by atoms with Crippen LogP contribution < -0.4 is 15.6 Å². The van der Waals surface area contributed by atoms with Gasteiger partial charge in [0.2, 0.25) is 5.91 Å². The third-order valence-corrected chi connectivity index (χ3v) is 6.01. The van der Waals surface area contributed by atoms with Crippen LogP contribution in [0.4, 0.5) is 15.8 Å². The first-order valence-corrected chi connectivity index (χ1v) is 10.9.